The van der Waals surface area contributed by atoms with Crippen LogP contribution in [0.5, 0.6) is 0 Å². The summed E-state index contributed by atoms with van der Waals surface area (Å²) in [5.74, 6) is 0.399. The van der Waals surface area contributed by atoms with Gasteiger partial charge in [-0.05, 0) is 58.2 Å². The van der Waals surface area contributed by atoms with E-state index in [4.69, 9.17) is 4.74 Å². The molecule has 1 aromatic carbocycles. The van der Waals surface area contributed by atoms with E-state index in [0.717, 1.165) is 39.0 Å². The van der Waals surface area contributed by atoms with Gasteiger partial charge in [0.2, 0.25) is 5.91 Å². The van der Waals surface area contributed by atoms with Gasteiger partial charge >= 0.3 is 6.09 Å². The molecule has 0 spiro atoms. The number of para-hydroxylation sites is 1. The van der Waals surface area contributed by atoms with Crippen molar-refractivity contribution in [2.75, 3.05) is 51.2 Å². The number of nitrogens with zero attached hydrogens (tertiary/aromatic N) is 3. The summed E-state index contributed by atoms with van der Waals surface area (Å²) in [4.78, 5) is 31.3. The predicted octanol–water partition coefficient (Wildman–Crippen LogP) is 3.09. The number of rotatable bonds is 5. The molecule has 2 fully saturated rings. The Morgan fingerprint density at radius 3 is 2.32 bits per heavy atom. The number of ether oxygens (including phenoxy) is 1. The van der Waals surface area contributed by atoms with E-state index in [2.05, 4.69) is 40.4 Å². The standard InChI is InChI=1S/C24H38N4O3/c1-24(2,3)31-23(30)28-11-9-19(10-12-28)17-22(29)25-18-20-7-5-6-8-21(20)27-15-13-26(4)14-16-27/h5-8,19H,9-18H2,1-4H3,(H,25,29). The van der Waals surface area contributed by atoms with Crippen molar-refractivity contribution in [3.63, 3.8) is 0 Å². The number of amides is 2. The van der Waals surface area contributed by atoms with Gasteiger partial charge in [-0.15, -0.1) is 0 Å². The number of benzene rings is 1. The average molecular weight is 431 g/mol. The Hall–Kier alpha value is -2.28. The van der Waals surface area contributed by atoms with Crippen molar-refractivity contribution in [2.45, 2.75) is 52.2 Å². The highest BCUT2D eigenvalue weighted by molar-refractivity contribution is 5.76. The average Bonchev–Trinajstić information content (AvgIpc) is 2.72. The number of hydrogen-bond donors (Lipinski definition) is 1. The van der Waals surface area contributed by atoms with Gasteiger partial charge in [0.25, 0.3) is 0 Å². The number of carbonyl (C=O) groups is 2. The van der Waals surface area contributed by atoms with E-state index in [1.165, 1.54) is 11.3 Å². The maximum Gasteiger partial charge on any atom is 0.410 e. The Morgan fingerprint density at radius 2 is 1.68 bits per heavy atom. The van der Waals surface area contributed by atoms with Crippen LogP contribution in [0.3, 0.4) is 0 Å². The molecule has 7 heteroatoms. The fraction of sp³-hybridized carbons (Fsp3) is 0.667. The summed E-state index contributed by atoms with van der Waals surface area (Å²) in [6, 6.07) is 8.36. The first kappa shape index (κ1) is 23.4. The summed E-state index contributed by atoms with van der Waals surface area (Å²) in [5.41, 5.74) is 1.91. The third-order valence-corrected chi connectivity index (χ3v) is 6.05. The van der Waals surface area contributed by atoms with Gasteiger partial charge in [0.15, 0.2) is 0 Å². The highest BCUT2D eigenvalue weighted by Gasteiger charge is 2.27. The Labute approximate surface area is 186 Å². The Bertz CT molecular complexity index is 745. The number of likely N-dealkylation sites (N-methyl/N-ethyl adjacent to an activating group) is 1. The van der Waals surface area contributed by atoms with Gasteiger partial charge in [-0.1, -0.05) is 18.2 Å². The topological polar surface area (TPSA) is 65.1 Å². The lowest BCUT2D eigenvalue weighted by Gasteiger charge is -2.35. The lowest BCUT2D eigenvalue weighted by atomic mass is 9.93. The zero-order valence-corrected chi connectivity index (χ0v) is 19.5. The van der Waals surface area contributed by atoms with E-state index in [-0.39, 0.29) is 12.0 Å². The summed E-state index contributed by atoms with van der Waals surface area (Å²) < 4.78 is 5.45. The summed E-state index contributed by atoms with van der Waals surface area (Å²) in [7, 11) is 2.15. The molecule has 0 unspecified atom stereocenters. The lowest BCUT2D eigenvalue weighted by molar-refractivity contribution is -0.122. The molecule has 31 heavy (non-hydrogen) atoms. The third kappa shape index (κ3) is 7.13. The second kappa shape index (κ2) is 10.4. The van der Waals surface area contributed by atoms with Crippen molar-refractivity contribution in [1.29, 1.82) is 0 Å². The van der Waals surface area contributed by atoms with Crippen molar-refractivity contribution >= 4 is 17.7 Å². The van der Waals surface area contributed by atoms with Gasteiger partial charge in [0, 0.05) is 57.9 Å². The van der Waals surface area contributed by atoms with E-state index in [1.54, 1.807) is 4.90 Å². The second-order valence-corrected chi connectivity index (χ2v) is 9.81. The normalized spacial score (nSPS) is 18.7. The van der Waals surface area contributed by atoms with Gasteiger partial charge in [-0.2, -0.15) is 0 Å². The zero-order valence-electron chi connectivity index (χ0n) is 19.5. The highest BCUT2D eigenvalue weighted by atomic mass is 16.6. The first-order valence-electron chi connectivity index (χ1n) is 11.5. The number of hydrogen-bond acceptors (Lipinski definition) is 5. The minimum atomic E-state index is -0.478. The van der Waals surface area contributed by atoms with E-state index in [0.29, 0.717) is 32.0 Å². The van der Waals surface area contributed by atoms with Crippen LogP contribution in [0, 0.1) is 5.92 Å². The molecule has 7 nitrogen and oxygen atoms in total. The van der Waals surface area contributed by atoms with Crippen LogP contribution in [-0.2, 0) is 16.1 Å². The third-order valence-electron chi connectivity index (χ3n) is 6.05. The fourth-order valence-electron chi connectivity index (χ4n) is 4.19. The monoisotopic (exact) mass is 430 g/mol. The Morgan fingerprint density at radius 1 is 1.03 bits per heavy atom. The largest absolute Gasteiger partial charge is 0.444 e. The van der Waals surface area contributed by atoms with Gasteiger partial charge in [-0.25, -0.2) is 4.79 Å². The summed E-state index contributed by atoms with van der Waals surface area (Å²) in [5, 5.41) is 3.12. The molecular weight excluding hydrogens is 392 g/mol. The number of nitrogens with one attached hydrogen (secondary N) is 1. The van der Waals surface area contributed by atoms with Gasteiger partial charge < -0.3 is 24.8 Å². The quantitative estimate of drug-likeness (QED) is 0.778. The van der Waals surface area contributed by atoms with Gasteiger partial charge in [-0.3, -0.25) is 4.79 Å². The fourth-order valence-corrected chi connectivity index (χ4v) is 4.19. The highest BCUT2D eigenvalue weighted by Crippen LogP contribution is 2.24. The van der Waals surface area contributed by atoms with E-state index < -0.39 is 5.60 Å². The van der Waals surface area contributed by atoms with Crippen LogP contribution in [-0.4, -0.2) is 73.7 Å². The smallest absolute Gasteiger partial charge is 0.410 e. The molecule has 0 saturated carbocycles. The van der Waals surface area contributed by atoms with Crippen LogP contribution >= 0.6 is 0 Å². The van der Waals surface area contributed by atoms with E-state index in [9.17, 15) is 9.59 Å². The van der Waals surface area contributed by atoms with Gasteiger partial charge in [0.05, 0.1) is 0 Å². The number of carbonyl (C=O) groups excluding carboxylic acids is 2. The SMILES string of the molecule is CN1CCN(c2ccccc2CNC(=O)CC2CCN(C(=O)OC(C)(C)C)CC2)CC1. The Balaban J connectivity index is 1.44. The molecule has 2 heterocycles. The van der Waals surface area contributed by atoms with Crippen molar-refractivity contribution in [3.8, 4) is 0 Å². The molecule has 172 valence electrons. The zero-order chi connectivity index (χ0) is 22.4. The minimum Gasteiger partial charge on any atom is -0.444 e. The van der Waals surface area contributed by atoms with Crippen LogP contribution in [0.1, 0.15) is 45.6 Å². The molecule has 0 bridgehead atoms. The number of anilines is 1. The lowest BCUT2D eigenvalue weighted by Crippen LogP contribution is -2.45. The Kier molecular flexibility index (Phi) is 7.81. The molecule has 0 aliphatic carbocycles. The molecule has 2 aliphatic rings. The van der Waals surface area contributed by atoms with Crippen molar-refractivity contribution in [2.24, 2.45) is 5.92 Å². The molecule has 0 aromatic heterocycles. The number of likely N-dealkylation sites (tertiary alicyclic amines) is 1. The molecule has 2 saturated heterocycles. The molecule has 1 aromatic rings. The maximum atomic E-state index is 12.6. The van der Waals surface area contributed by atoms with Crippen LogP contribution in [0.2, 0.25) is 0 Å². The minimum absolute atomic E-state index is 0.0869. The van der Waals surface area contributed by atoms with Crippen LogP contribution in [0.15, 0.2) is 24.3 Å². The number of piperazine rings is 1. The summed E-state index contributed by atoms with van der Waals surface area (Å²) in [6.45, 7) is 11.6. The molecule has 3 rings (SSSR count). The molecule has 2 amide bonds. The first-order valence-corrected chi connectivity index (χ1v) is 11.5. The summed E-state index contributed by atoms with van der Waals surface area (Å²) in [6.07, 6.45) is 1.93. The van der Waals surface area contributed by atoms with Gasteiger partial charge in [0.1, 0.15) is 5.60 Å². The van der Waals surface area contributed by atoms with E-state index in [1.807, 2.05) is 26.8 Å². The first-order chi connectivity index (χ1) is 14.7. The molecule has 0 atom stereocenters. The maximum absolute atomic E-state index is 12.6. The number of piperidine rings is 1. The van der Waals surface area contributed by atoms with Crippen molar-refractivity contribution < 1.29 is 14.3 Å². The van der Waals surface area contributed by atoms with Crippen molar-refractivity contribution in [1.82, 2.24) is 15.1 Å². The molecular formula is C24H38N4O3. The molecule has 0 radical (unpaired) electrons. The van der Waals surface area contributed by atoms with Crippen LogP contribution in [0.25, 0.3) is 0 Å². The summed E-state index contributed by atoms with van der Waals surface area (Å²) >= 11 is 0. The van der Waals surface area contributed by atoms with Crippen LogP contribution < -0.4 is 10.2 Å². The van der Waals surface area contributed by atoms with Crippen molar-refractivity contribution in [3.05, 3.63) is 29.8 Å². The molecule has 2 aliphatic heterocycles. The molecule has 1 N–H and O–H groups in total. The van der Waals surface area contributed by atoms with Crippen LogP contribution in [0.4, 0.5) is 10.5 Å². The predicted molar refractivity (Wildman–Crippen MR) is 123 cm³/mol. The van der Waals surface area contributed by atoms with E-state index >= 15 is 0 Å². The second-order valence-electron chi connectivity index (χ2n) is 9.81.